The number of sulfone groups is 1. The van der Waals surface area contributed by atoms with Crippen LogP contribution in [0.25, 0.3) is 0 Å². The van der Waals surface area contributed by atoms with Gasteiger partial charge in [0.1, 0.15) is 0 Å². The number of nitrogens with zero attached hydrogens (tertiary/aromatic N) is 1. The van der Waals surface area contributed by atoms with E-state index in [1.807, 2.05) is 6.92 Å². The molecule has 2 aliphatic heterocycles. The van der Waals surface area contributed by atoms with Gasteiger partial charge >= 0.3 is 0 Å². The second-order valence-corrected chi connectivity index (χ2v) is 7.52. The molecule has 0 radical (unpaired) electrons. The number of carbonyl (C=O) groups is 1. The molecule has 3 unspecified atom stereocenters. The SMILES string of the molecule is CC(N)C1CCN(C(=O)C2CCS(=O)(=O)C2)C1. The number of carbonyl (C=O) groups excluding carboxylic acids is 1. The minimum absolute atomic E-state index is 0.00854. The van der Waals surface area contributed by atoms with Gasteiger partial charge < -0.3 is 10.6 Å². The first kappa shape index (κ1) is 12.8. The molecule has 98 valence electrons. The van der Waals surface area contributed by atoms with Crippen LogP contribution in [0.4, 0.5) is 0 Å². The summed E-state index contributed by atoms with van der Waals surface area (Å²) < 4.78 is 22.7. The van der Waals surface area contributed by atoms with Crippen LogP contribution >= 0.6 is 0 Å². The van der Waals surface area contributed by atoms with Gasteiger partial charge in [-0.3, -0.25) is 4.79 Å². The minimum atomic E-state index is -2.97. The van der Waals surface area contributed by atoms with Gasteiger partial charge in [0.15, 0.2) is 9.84 Å². The second-order valence-electron chi connectivity index (χ2n) is 5.29. The van der Waals surface area contributed by atoms with Crippen LogP contribution in [-0.4, -0.2) is 49.9 Å². The molecule has 1 amide bonds. The van der Waals surface area contributed by atoms with Crippen molar-refractivity contribution in [1.29, 1.82) is 0 Å². The molecule has 2 aliphatic rings. The summed E-state index contributed by atoms with van der Waals surface area (Å²) in [6, 6.07) is 0.0973. The Morgan fingerprint density at radius 3 is 2.59 bits per heavy atom. The fourth-order valence-electron chi connectivity index (χ4n) is 2.66. The third-order valence-corrected chi connectivity index (χ3v) is 5.63. The number of likely N-dealkylation sites (tertiary alicyclic amines) is 1. The topological polar surface area (TPSA) is 80.5 Å². The molecule has 6 heteroatoms. The predicted octanol–water partition coefficient (Wildman–Crippen LogP) is -0.383. The summed E-state index contributed by atoms with van der Waals surface area (Å²) in [5.74, 6) is 0.247. The third kappa shape index (κ3) is 2.80. The van der Waals surface area contributed by atoms with E-state index in [9.17, 15) is 13.2 Å². The molecule has 2 saturated heterocycles. The highest BCUT2D eigenvalue weighted by Crippen LogP contribution is 2.25. The van der Waals surface area contributed by atoms with Crippen molar-refractivity contribution in [2.24, 2.45) is 17.6 Å². The highest BCUT2D eigenvalue weighted by atomic mass is 32.2. The van der Waals surface area contributed by atoms with E-state index in [0.29, 0.717) is 18.9 Å². The Morgan fingerprint density at radius 1 is 1.41 bits per heavy atom. The summed E-state index contributed by atoms with van der Waals surface area (Å²) in [5, 5.41) is 0. The van der Waals surface area contributed by atoms with Crippen molar-refractivity contribution in [3.05, 3.63) is 0 Å². The van der Waals surface area contributed by atoms with Gasteiger partial charge in [-0.05, 0) is 25.7 Å². The third-order valence-electron chi connectivity index (χ3n) is 3.86. The highest BCUT2D eigenvalue weighted by molar-refractivity contribution is 7.91. The van der Waals surface area contributed by atoms with Crippen molar-refractivity contribution >= 4 is 15.7 Å². The maximum atomic E-state index is 12.1. The van der Waals surface area contributed by atoms with Gasteiger partial charge in [-0.15, -0.1) is 0 Å². The molecule has 2 rings (SSSR count). The molecular weight excluding hydrogens is 240 g/mol. The molecule has 0 aromatic rings. The Kier molecular flexibility index (Phi) is 3.45. The normalized spacial score (nSPS) is 33.9. The van der Waals surface area contributed by atoms with Crippen LogP contribution < -0.4 is 5.73 Å². The van der Waals surface area contributed by atoms with E-state index in [-0.39, 0.29) is 29.4 Å². The zero-order chi connectivity index (χ0) is 12.6. The van der Waals surface area contributed by atoms with Gasteiger partial charge in [0.05, 0.1) is 17.4 Å². The smallest absolute Gasteiger partial charge is 0.226 e. The van der Waals surface area contributed by atoms with Gasteiger partial charge in [-0.25, -0.2) is 8.42 Å². The van der Waals surface area contributed by atoms with E-state index in [1.165, 1.54) is 0 Å². The highest BCUT2D eigenvalue weighted by Gasteiger charge is 2.38. The lowest BCUT2D eigenvalue weighted by Crippen LogP contribution is -2.37. The average Bonchev–Trinajstić information content (AvgIpc) is 2.83. The largest absolute Gasteiger partial charge is 0.342 e. The van der Waals surface area contributed by atoms with Crippen LogP contribution in [-0.2, 0) is 14.6 Å². The summed E-state index contributed by atoms with van der Waals surface area (Å²) in [6.45, 7) is 3.37. The summed E-state index contributed by atoms with van der Waals surface area (Å²) in [6.07, 6.45) is 1.42. The van der Waals surface area contributed by atoms with Crippen LogP contribution in [0, 0.1) is 11.8 Å². The van der Waals surface area contributed by atoms with E-state index in [0.717, 1.165) is 13.0 Å². The lowest BCUT2D eigenvalue weighted by Gasteiger charge is -2.20. The van der Waals surface area contributed by atoms with Crippen molar-refractivity contribution in [1.82, 2.24) is 4.90 Å². The Morgan fingerprint density at radius 2 is 2.12 bits per heavy atom. The van der Waals surface area contributed by atoms with E-state index in [2.05, 4.69) is 0 Å². The van der Waals surface area contributed by atoms with E-state index in [4.69, 9.17) is 5.73 Å². The molecular formula is C11H20N2O3S. The Labute approximate surface area is 102 Å². The van der Waals surface area contributed by atoms with Crippen molar-refractivity contribution in [2.45, 2.75) is 25.8 Å². The predicted molar refractivity (Wildman–Crippen MR) is 65.1 cm³/mol. The van der Waals surface area contributed by atoms with Crippen molar-refractivity contribution in [2.75, 3.05) is 24.6 Å². The molecule has 0 saturated carbocycles. The maximum absolute atomic E-state index is 12.1. The first-order chi connectivity index (χ1) is 7.89. The fraction of sp³-hybridized carbons (Fsp3) is 0.909. The maximum Gasteiger partial charge on any atom is 0.226 e. The zero-order valence-corrected chi connectivity index (χ0v) is 10.9. The summed E-state index contributed by atoms with van der Waals surface area (Å²) in [7, 11) is -2.97. The fourth-order valence-corrected chi connectivity index (χ4v) is 4.40. The number of hydrogen-bond donors (Lipinski definition) is 1. The molecule has 2 N–H and O–H groups in total. The number of hydrogen-bond acceptors (Lipinski definition) is 4. The van der Waals surface area contributed by atoms with Crippen LogP contribution in [0.3, 0.4) is 0 Å². The minimum Gasteiger partial charge on any atom is -0.342 e. The first-order valence-corrected chi connectivity index (χ1v) is 7.96. The Balaban J connectivity index is 1.94. The number of amides is 1. The summed E-state index contributed by atoms with van der Waals surface area (Å²) in [5.41, 5.74) is 5.82. The Hall–Kier alpha value is -0.620. The lowest BCUT2D eigenvalue weighted by molar-refractivity contribution is -0.133. The average molecular weight is 260 g/mol. The van der Waals surface area contributed by atoms with Gasteiger partial charge in [0, 0.05) is 19.1 Å². The summed E-state index contributed by atoms with van der Waals surface area (Å²) >= 11 is 0. The molecule has 17 heavy (non-hydrogen) atoms. The molecule has 5 nitrogen and oxygen atoms in total. The van der Waals surface area contributed by atoms with Gasteiger partial charge in [-0.2, -0.15) is 0 Å². The van der Waals surface area contributed by atoms with Crippen LogP contribution in [0.15, 0.2) is 0 Å². The number of nitrogens with two attached hydrogens (primary N) is 1. The molecule has 2 heterocycles. The van der Waals surface area contributed by atoms with Gasteiger partial charge in [0.25, 0.3) is 0 Å². The molecule has 0 aromatic heterocycles. The van der Waals surface area contributed by atoms with Gasteiger partial charge in [0.2, 0.25) is 5.91 Å². The standard InChI is InChI=1S/C11H20N2O3S/c1-8(12)9-2-4-13(6-9)11(14)10-3-5-17(15,16)7-10/h8-10H,2-7,12H2,1H3. The van der Waals surface area contributed by atoms with Crippen LogP contribution in [0.5, 0.6) is 0 Å². The van der Waals surface area contributed by atoms with Crippen LogP contribution in [0.1, 0.15) is 19.8 Å². The molecule has 0 spiro atoms. The van der Waals surface area contributed by atoms with Crippen molar-refractivity contribution in [3.8, 4) is 0 Å². The van der Waals surface area contributed by atoms with Crippen molar-refractivity contribution in [3.63, 3.8) is 0 Å². The van der Waals surface area contributed by atoms with Crippen LogP contribution in [0.2, 0.25) is 0 Å². The molecule has 0 bridgehead atoms. The summed E-state index contributed by atoms with van der Waals surface area (Å²) in [4.78, 5) is 13.9. The van der Waals surface area contributed by atoms with Gasteiger partial charge in [-0.1, -0.05) is 0 Å². The Bertz CT molecular complexity index is 405. The molecule has 3 atom stereocenters. The molecule has 2 fully saturated rings. The quantitative estimate of drug-likeness (QED) is 0.733. The molecule has 0 aliphatic carbocycles. The van der Waals surface area contributed by atoms with E-state index in [1.54, 1.807) is 4.90 Å². The first-order valence-electron chi connectivity index (χ1n) is 6.14. The number of rotatable bonds is 2. The monoisotopic (exact) mass is 260 g/mol. The zero-order valence-electron chi connectivity index (χ0n) is 10.1. The lowest BCUT2D eigenvalue weighted by atomic mass is 10.0. The second kappa shape index (κ2) is 4.57. The van der Waals surface area contributed by atoms with Crippen molar-refractivity contribution < 1.29 is 13.2 Å². The van der Waals surface area contributed by atoms with E-state index < -0.39 is 9.84 Å². The van der Waals surface area contributed by atoms with E-state index >= 15 is 0 Å². The molecule has 0 aromatic carbocycles.